The molecular formula is C25H28N4O4. The van der Waals surface area contributed by atoms with Crippen molar-refractivity contribution in [3.05, 3.63) is 66.1 Å². The highest BCUT2D eigenvalue weighted by Gasteiger charge is 2.26. The van der Waals surface area contributed by atoms with Crippen molar-refractivity contribution in [1.29, 1.82) is 0 Å². The van der Waals surface area contributed by atoms with Crippen molar-refractivity contribution in [1.82, 2.24) is 14.5 Å². The molecule has 0 saturated heterocycles. The first kappa shape index (κ1) is 22.5. The van der Waals surface area contributed by atoms with E-state index in [0.29, 0.717) is 26.4 Å². The Balaban J connectivity index is 1.73. The summed E-state index contributed by atoms with van der Waals surface area (Å²) in [5.41, 5.74) is 7.95. The van der Waals surface area contributed by atoms with Gasteiger partial charge in [0.2, 0.25) is 0 Å². The molecule has 4 aromatic rings. The number of nitrogens with two attached hydrogens (primary N) is 1. The number of primary amides is 1. The van der Waals surface area contributed by atoms with Crippen LogP contribution in [-0.2, 0) is 29.2 Å². The molecule has 0 aliphatic carbocycles. The molecule has 0 saturated carbocycles. The molecule has 172 valence electrons. The Hall–Kier alpha value is -3.65. The minimum absolute atomic E-state index is 0.331. The molecule has 2 heterocycles. The number of ether oxygens (including phenoxy) is 3. The number of imidazole rings is 1. The number of carbonyl (C=O) groups is 1. The maximum absolute atomic E-state index is 11.4. The molecule has 2 aromatic carbocycles. The molecule has 1 amide bonds. The SMILES string of the molecule is CCOCc1nc2cnc3cc(OCc4ccccc4)ccc3c2n1CC(C)(C)OC(N)=O. The third-order valence-electron chi connectivity index (χ3n) is 5.22. The first-order valence-electron chi connectivity index (χ1n) is 10.9. The zero-order valence-electron chi connectivity index (χ0n) is 19.1. The lowest BCUT2D eigenvalue weighted by Gasteiger charge is -2.26. The molecule has 0 aliphatic rings. The van der Waals surface area contributed by atoms with Crippen molar-refractivity contribution in [3.8, 4) is 5.75 Å². The summed E-state index contributed by atoms with van der Waals surface area (Å²) < 4.78 is 19.0. The molecule has 33 heavy (non-hydrogen) atoms. The van der Waals surface area contributed by atoms with E-state index < -0.39 is 11.7 Å². The number of hydrogen-bond donors (Lipinski definition) is 1. The number of pyridine rings is 1. The van der Waals surface area contributed by atoms with Gasteiger partial charge in [-0.3, -0.25) is 4.98 Å². The van der Waals surface area contributed by atoms with Crippen LogP contribution in [-0.4, -0.2) is 32.8 Å². The fourth-order valence-electron chi connectivity index (χ4n) is 3.83. The van der Waals surface area contributed by atoms with Crippen molar-refractivity contribution >= 4 is 28.0 Å². The number of fused-ring (bicyclic) bond motifs is 3. The van der Waals surface area contributed by atoms with Crippen LogP contribution in [0.4, 0.5) is 4.79 Å². The maximum atomic E-state index is 11.4. The number of rotatable bonds is 9. The molecule has 2 aromatic heterocycles. The summed E-state index contributed by atoms with van der Waals surface area (Å²) in [4.78, 5) is 20.7. The highest BCUT2D eigenvalue weighted by atomic mass is 16.6. The normalized spacial score (nSPS) is 11.7. The highest BCUT2D eigenvalue weighted by molar-refractivity contribution is 6.02. The van der Waals surface area contributed by atoms with Gasteiger partial charge in [-0.2, -0.15) is 0 Å². The van der Waals surface area contributed by atoms with E-state index in [1.165, 1.54) is 0 Å². The number of carbonyl (C=O) groups excluding carboxylic acids is 1. The Bertz CT molecular complexity index is 1270. The molecule has 0 atom stereocenters. The van der Waals surface area contributed by atoms with Crippen molar-refractivity contribution < 1.29 is 19.0 Å². The second-order valence-corrected chi connectivity index (χ2v) is 8.38. The summed E-state index contributed by atoms with van der Waals surface area (Å²) in [5.74, 6) is 1.46. The van der Waals surface area contributed by atoms with Gasteiger partial charge < -0.3 is 24.5 Å². The fraction of sp³-hybridized carbons (Fsp3) is 0.320. The van der Waals surface area contributed by atoms with E-state index in [1.54, 1.807) is 6.20 Å². The number of benzene rings is 2. The van der Waals surface area contributed by atoms with Gasteiger partial charge in [-0.1, -0.05) is 30.3 Å². The summed E-state index contributed by atoms with van der Waals surface area (Å²) in [7, 11) is 0. The van der Waals surface area contributed by atoms with Crippen LogP contribution in [0.3, 0.4) is 0 Å². The molecule has 0 spiro atoms. The zero-order valence-corrected chi connectivity index (χ0v) is 19.1. The van der Waals surface area contributed by atoms with Crippen molar-refractivity contribution in [2.45, 2.75) is 46.1 Å². The Morgan fingerprint density at radius 1 is 1.09 bits per heavy atom. The van der Waals surface area contributed by atoms with Crippen LogP contribution < -0.4 is 10.5 Å². The molecule has 2 N–H and O–H groups in total. The minimum atomic E-state index is -0.839. The average molecular weight is 449 g/mol. The van der Waals surface area contributed by atoms with E-state index in [9.17, 15) is 4.79 Å². The second-order valence-electron chi connectivity index (χ2n) is 8.38. The van der Waals surface area contributed by atoms with Gasteiger partial charge >= 0.3 is 6.09 Å². The Kier molecular flexibility index (Phi) is 6.46. The second kappa shape index (κ2) is 9.46. The van der Waals surface area contributed by atoms with E-state index in [-0.39, 0.29) is 0 Å². The van der Waals surface area contributed by atoms with Crippen LogP contribution in [0.15, 0.2) is 54.7 Å². The van der Waals surface area contributed by atoms with E-state index >= 15 is 0 Å². The van der Waals surface area contributed by atoms with Crippen molar-refractivity contribution in [2.75, 3.05) is 6.61 Å². The van der Waals surface area contributed by atoms with E-state index in [0.717, 1.165) is 39.1 Å². The fourth-order valence-corrected chi connectivity index (χ4v) is 3.83. The lowest BCUT2D eigenvalue weighted by atomic mass is 10.1. The van der Waals surface area contributed by atoms with Crippen molar-refractivity contribution in [2.24, 2.45) is 5.73 Å². The Morgan fingerprint density at radius 3 is 2.61 bits per heavy atom. The van der Waals surface area contributed by atoms with Gasteiger partial charge in [0.1, 0.15) is 35.9 Å². The molecule has 8 nitrogen and oxygen atoms in total. The Morgan fingerprint density at radius 2 is 1.88 bits per heavy atom. The molecule has 0 unspecified atom stereocenters. The Labute approximate surface area is 192 Å². The molecule has 0 radical (unpaired) electrons. The minimum Gasteiger partial charge on any atom is -0.489 e. The third-order valence-corrected chi connectivity index (χ3v) is 5.22. The van der Waals surface area contributed by atoms with Crippen LogP contribution in [0.2, 0.25) is 0 Å². The average Bonchev–Trinajstić information content (AvgIpc) is 3.12. The first-order chi connectivity index (χ1) is 15.9. The predicted octanol–water partition coefficient (Wildman–Crippen LogP) is 4.57. The van der Waals surface area contributed by atoms with E-state index in [2.05, 4.69) is 4.98 Å². The van der Waals surface area contributed by atoms with E-state index in [1.807, 2.05) is 73.9 Å². The predicted molar refractivity (Wildman–Crippen MR) is 126 cm³/mol. The lowest BCUT2D eigenvalue weighted by molar-refractivity contribution is 0.0311. The van der Waals surface area contributed by atoms with Crippen LogP contribution >= 0.6 is 0 Å². The van der Waals surface area contributed by atoms with E-state index in [4.69, 9.17) is 24.9 Å². The summed E-state index contributed by atoms with van der Waals surface area (Å²) in [5, 5.41) is 0.921. The van der Waals surface area contributed by atoms with Gasteiger partial charge in [0.05, 0.1) is 23.8 Å². The zero-order chi connectivity index (χ0) is 23.4. The third kappa shape index (κ3) is 5.23. The van der Waals surface area contributed by atoms with Crippen LogP contribution in [0.1, 0.15) is 32.2 Å². The quantitative estimate of drug-likeness (QED) is 0.402. The van der Waals surface area contributed by atoms with Gasteiger partial charge in [-0.15, -0.1) is 0 Å². The maximum Gasteiger partial charge on any atom is 0.405 e. The van der Waals surface area contributed by atoms with Crippen molar-refractivity contribution in [3.63, 3.8) is 0 Å². The number of amides is 1. The smallest absolute Gasteiger partial charge is 0.405 e. The monoisotopic (exact) mass is 448 g/mol. The van der Waals surface area contributed by atoms with Gasteiger partial charge in [-0.25, -0.2) is 9.78 Å². The molecular weight excluding hydrogens is 420 g/mol. The number of nitrogens with zero attached hydrogens (tertiary/aromatic N) is 3. The highest BCUT2D eigenvalue weighted by Crippen LogP contribution is 2.30. The van der Waals surface area contributed by atoms with Crippen LogP contribution in [0.5, 0.6) is 5.75 Å². The van der Waals surface area contributed by atoms with Crippen LogP contribution in [0, 0.1) is 0 Å². The molecule has 0 aliphatic heterocycles. The lowest BCUT2D eigenvalue weighted by Crippen LogP contribution is -2.35. The summed E-state index contributed by atoms with van der Waals surface area (Å²) >= 11 is 0. The van der Waals surface area contributed by atoms with Gasteiger partial charge in [-0.05, 0) is 38.5 Å². The van der Waals surface area contributed by atoms with Gasteiger partial charge in [0.15, 0.2) is 0 Å². The standard InChI is InChI=1S/C25H28N4O4/c1-4-31-15-22-28-21-13-27-20-12-18(32-14-17-8-6-5-7-9-17)10-11-19(20)23(21)29(22)16-25(2,3)33-24(26)30/h5-13H,4,14-16H2,1-3H3,(H2,26,30). The molecule has 8 heteroatoms. The topological polar surface area (TPSA) is 101 Å². The van der Waals surface area contributed by atoms with Gasteiger partial charge in [0, 0.05) is 18.1 Å². The molecule has 0 bridgehead atoms. The molecule has 4 rings (SSSR count). The summed E-state index contributed by atoms with van der Waals surface area (Å²) in [6.45, 7) is 7.29. The number of aromatic nitrogens is 3. The first-order valence-corrected chi connectivity index (χ1v) is 10.9. The summed E-state index contributed by atoms with van der Waals surface area (Å²) in [6.07, 6.45) is 0.925. The largest absolute Gasteiger partial charge is 0.489 e. The van der Waals surface area contributed by atoms with Gasteiger partial charge in [0.25, 0.3) is 0 Å². The van der Waals surface area contributed by atoms with Crippen LogP contribution in [0.25, 0.3) is 21.9 Å². The molecule has 0 fully saturated rings. The summed E-state index contributed by atoms with van der Waals surface area (Å²) in [6, 6.07) is 15.8. The number of hydrogen-bond acceptors (Lipinski definition) is 6.